The molecule has 1 atom stereocenters. The van der Waals surface area contributed by atoms with E-state index in [0.29, 0.717) is 5.82 Å². The molecule has 9 nitrogen and oxygen atoms in total. The highest BCUT2D eigenvalue weighted by Crippen LogP contribution is 2.04. The zero-order valence-corrected chi connectivity index (χ0v) is 9.78. The summed E-state index contributed by atoms with van der Waals surface area (Å²) in [6, 6.07) is 2.23. The van der Waals surface area contributed by atoms with E-state index >= 15 is 0 Å². The second-order valence-electron chi connectivity index (χ2n) is 3.65. The maximum Gasteiger partial charge on any atom is 0.272 e. The van der Waals surface area contributed by atoms with Gasteiger partial charge in [-0.25, -0.2) is 4.68 Å². The van der Waals surface area contributed by atoms with Crippen molar-refractivity contribution in [1.29, 1.82) is 0 Å². The molecule has 0 spiro atoms. The van der Waals surface area contributed by atoms with Crippen LogP contribution in [0.15, 0.2) is 16.9 Å². The summed E-state index contributed by atoms with van der Waals surface area (Å²) >= 11 is 0. The number of tetrazole rings is 1. The Labute approximate surface area is 101 Å². The molecule has 0 aliphatic rings. The highest BCUT2D eigenvalue weighted by molar-refractivity contribution is 5.92. The molecule has 1 amide bonds. The summed E-state index contributed by atoms with van der Waals surface area (Å²) < 4.78 is 1.09. The van der Waals surface area contributed by atoms with Crippen molar-refractivity contribution in [3.63, 3.8) is 0 Å². The van der Waals surface area contributed by atoms with Crippen LogP contribution in [-0.2, 0) is 7.05 Å². The van der Waals surface area contributed by atoms with Crippen molar-refractivity contribution in [1.82, 2.24) is 35.7 Å². The smallest absolute Gasteiger partial charge is 0.272 e. The standard InChI is InChI=1S/C9H11N7O2/c1-5(8-11-14-15-12-8)10-9(18)6-3-4-7(17)16(2)13-6/h3-5H,1-2H3,(H,10,18)(H,11,12,14,15). The molecule has 2 rings (SSSR count). The van der Waals surface area contributed by atoms with Gasteiger partial charge in [0.15, 0.2) is 5.82 Å². The van der Waals surface area contributed by atoms with Gasteiger partial charge >= 0.3 is 0 Å². The Balaban J connectivity index is 2.12. The van der Waals surface area contributed by atoms with Crippen LogP contribution in [0.2, 0.25) is 0 Å². The number of H-pyrrole nitrogens is 1. The molecule has 0 aliphatic carbocycles. The van der Waals surface area contributed by atoms with Crippen LogP contribution in [0.25, 0.3) is 0 Å². The van der Waals surface area contributed by atoms with Crippen LogP contribution in [0.1, 0.15) is 29.3 Å². The third kappa shape index (κ3) is 2.39. The quantitative estimate of drug-likeness (QED) is 0.704. The molecule has 0 saturated heterocycles. The van der Waals surface area contributed by atoms with E-state index < -0.39 is 11.9 Å². The molecule has 2 aromatic heterocycles. The van der Waals surface area contributed by atoms with Gasteiger partial charge in [0.2, 0.25) is 0 Å². The van der Waals surface area contributed by atoms with Crippen LogP contribution in [0, 0.1) is 0 Å². The van der Waals surface area contributed by atoms with Gasteiger partial charge in [0.25, 0.3) is 11.5 Å². The molecule has 18 heavy (non-hydrogen) atoms. The number of rotatable bonds is 3. The van der Waals surface area contributed by atoms with Gasteiger partial charge in [0.1, 0.15) is 5.69 Å². The largest absolute Gasteiger partial charge is 0.341 e. The van der Waals surface area contributed by atoms with Gasteiger partial charge in [-0.2, -0.15) is 10.3 Å². The number of aromatic nitrogens is 6. The number of carbonyl (C=O) groups is 1. The first-order valence-corrected chi connectivity index (χ1v) is 5.16. The zero-order chi connectivity index (χ0) is 13.1. The lowest BCUT2D eigenvalue weighted by Crippen LogP contribution is -2.30. The molecule has 0 radical (unpaired) electrons. The third-order valence-electron chi connectivity index (χ3n) is 2.29. The fourth-order valence-electron chi connectivity index (χ4n) is 1.31. The van der Waals surface area contributed by atoms with Crippen molar-refractivity contribution in [2.45, 2.75) is 13.0 Å². The number of amides is 1. The van der Waals surface area contributed by atoms with Gasteiger partial charge in [-0.3, -0.25) is 9.59 Å². The van der Waals surface area contributed by atoms with Gasteiger partial charge in [0.05, 0.1) is 6.04 Å². The topological polar surface area (TPSA) is 118 Å². The first-order chi connectivity index (χ1) is 8.58. The molecular weight excluding hydrogens is 238 g/mol. The van der Waals surface area contributed by atoms with E-state index in [1.165, 1.54) is 19.2 Å². The Morgan fingerprint density at radius 1 is 1.50 bits per heavy atom. The van der Waals surface area contributed by atoms with Gasteiger partial charge in [-0.15, -0.1) is 10.2 Å². The Morgan fingerprint density at radius 3 is 2.89 bits per heavy atom. The molecule has 0 aliphatic heterocycles. The van der Waals surface area contributed by atoms with Crippen molar-refractivity contribution >= 4 is 5.91 Å². The van der Waals surface area contributed by atoms with Gasteiger partial charge in [0, 0.05) is 13.1 Å². The Bertz CT molecular complexity index is 604. The Hall–Kier alpha value is -2.58. The normalized spacial score (nSPS) is 12.1. The summed E-state index contributed by atoms with van der Waals surface area (Å²) in [5, 5.41) is 19.7. The summed E-state index contributed by atoms with van der Waals surface area (Å²) in [5.74, 6) is -0.0453. The molecule has 2 aromatic rings. The van der Waals surface area contributed by atoms with Crippen LogP contribution in [-0.4, -0.2) is 36.3 Å². The second-order valence-corrected chi connectivity index (χ2v) is 3.65. The predicted molar refractivity (Wildman–Crippen MR) is 59.5 cm³/mol. The highest BCUT2D eigenvalue weighted by atomic mass is 16.2. The van der Waals surface area contributed by atoms with Crippen molar-refractivity contribution in [2.75, 3.05) is 0 Å². The van der Waals surface area contributed by atoms with E-state index in [1.807, 2.05) is 0 Å². The summed E-state index contributed by atoms with van der Waals surface area (Å²) in [7, 11) is 1.47. The van der Waals surface area contributed by atoms with E-state index in [9.17, 15) is 9.59 Å². The number of carbonyl (C=O) groups excluding carboxylic acids is 1. The average molecular weight is 249 g/mol. The predicted octanol–water partition coefficient (Wildman–Crippen LogP) is -1.22. The van der Waals surface area contributed by atoms with E-state index in [0.717, 1.165) is 4.68 Å². The van der Waals surface area contributed by atoms with Crippen LogP contribution < -0.4 is 10.9 Å². The summed E-state index contributed by atoms with van der Waals surface area (Å²) in [6.07, 6.45) is 0. The molecule has 1 unspecified atom stereocenters. The first-order valence-electron chi connectivity index (χ1n) is 5.16. The lowest BCUT2D eigenvalue weighted by Gasteiger charge is -2.09. The fourth-order valence-corrected chi connectivity index (χ4v) is 1.31. The summed E-state index contributed by atoms with van der Waals surface area (Å²) in [4.78, 5) is 23.0. The zero-order valence-electron chi connectivity index (χ0n) is 9.78. The molecule has 2 heterocycles. The highest BCUT2D eigenvalue weighted by Gasteiger charge is 2.16. The van der Waals surface area contributed by atoms with Crippen LogP contribution in [0.4, 0.5) is 0 Å². The SMILES string of the molecule is CC(NC(=O)c1ccc(=O)n(C)n1)c1nn[nH]n1. The third-order valence-corrected chi connectivity index (χ3v) is 2.29. The molecular formula is C9H11N7O2. The van der Waals surface area contributed by atoms with Crippen molar-refractivity contribution in [3.8, 4) is 0 Å². The molecule has 0 saturated carbocycles. The average Bonchev–Trinajstić information content (AvgIpc) is 2.86. The number of hydrogen-bond donors (Lipinski definition) is 2. The Morgan fingerprint density at radius 2 is 2.28 bits per heavy atom. The first kappa shape index (κ1) is 11.9. The molecule has 9 heteroatoms. The lowest BCUT2D eigenvalue weighted by atomic mass is 10.3. The number of nitrogens with one attached hydrogen (secondary N) is 2. The minimum Gasteiger partial charge on any atom is -0.341 e. The molecule has 0 fully saturated rings. The molecule has 0 aromatic carbocycles. The number of aromatic amines is 1. The number of nitrogens with zero attached hydrogens (tertiary/aromatic N) is 5. The number of aryl methyl sites for hydroxylation is 1. The van der Waals surface area contributed by atoms with E-state index in [2.05, 4.69) is 31.0 Å². The van der Waals surface area contributed by atoms with Crippen molar-refractivity contribution in [2.24, 2.45) is 7.05 Å². The second kappa shape index (κ2) is 4.73. The van der Waals surface area contributed by atoms with Gasteiger partial charge in [-0.05, 0) is 13.0 Å². The van der Waals surface area contributed by atoms with E-state index in [4.69, 9.17) is 0 Å². The van der Waals surface area contributed by atoms with E-state index in [-0.39, 0.29) is 11.3 Å². The lowest BCUT2D eigenvalue weighted by molar-refractivity contribution is 0.0931. The van der Waals surface area contributed by atoms with Crippen molar-refractivity contribution < 1.29 is 4.79 Å². The van der Waals surface area contributed by atoms with Gasteiger partial charge in [-0.1, -0.05) is 5.21 Å². The van der Waals surface area contributed by atoms with Crippen molar-refractivity contribution in [3.05, 3.63) is 34.0 Å². The molecule has 2 N–H and O–H groups in total. The van der Waals surface area contributed by atoms with Gasteiger partial charge < -0.3 is 5.32 Å². The maximum atomic E-state index is 11.8. The maximum absolute atomic E-state index is 11.8. The van der Waals surface area contributed by atoms with Crippen LogP contribution >= 0.6 is 0 Å². The van der Waals surface area contributed by atoms with E-state index in [1.54, 1.807) is 6.92 Å². The monoisotopic (exact) mass is 249 g/mol. The number of hydrogen-bond acceptors (Lipinski definition) is 6. The minimum absolute atomic E-state index is 0.146. The fraction of sp³-hybridized carbons (Fsp3) is 0.333. The summed E-state index contributed by atoms with van der Waals surface area (Å²) in [5.41, 5.74) is -0.134. The summed E-state index contributed by atoms with van der Waals surface area (Å²) in [6.45, 7) is 1.71. The minimum atomic E-state index is -0.414. The Kier molecular flexibility index (Phi) is 3.13. The molecule has 94 valence electrons. The molecule has 0 bridgehead atoms. The van der Waals surface area contributed by atoms with Crippen LogP contribution in [0.3, 0.4) is 0 Å². The van der Waals surface area contributed by atoms with Crippen LogP contribution in [0.5, 0.6) is 0 Å².